The molecule has 2 atom stereocenters. The van der Waals surface area contributed by atoms with Crippen LogP contribution >= 0.6 is 15.9 Å². The Morgan fingerprint density at radius 1 is 1.07 bits per heavy atom. The van der Waals surface area contributed by atoms with E-state index in [9.17, 15) is 9.59 Å². The fraction of sp³-hybridized carbons (Fsp3) is 0.391. The lowest BCUT2D eigenvalue weighted by Crippen LogP contribution is -2.42. The Balaban J connectivity index is 1.42. The van der Waals surface area contributed by atoms with Crippen molar-refractivity contribution in [2.24, 2.45) is 5.92 Å². The van der Waals surface area contributed by atoms with Crippen LogP contribution in [0.2, 0.25) is 0 Å². The minimum atomic E-state index is -0.668. The van der Waals surface area contributed by atoms with Gasteiger partial charge in [-0.25, -0.2) is 0 Å². The van der Waals surface area contributed by atoms with Gasteiger partial charge >= 0.3 is 5.97 Å². The molecule has 0 aromatic heterocycles. The summed E-state index contributed by atoms with van der Waals surface area (Å²) in [4.78, 5) is 25.1. The van der Waals surface area contributed by atoms with E-state index in [1.165, 1.54) is 12.7 Å². The zero-order chi connectivity index (χ0) is 20.4. The van der Waals surface area contributed by atoms with Crippen LogP contribution in [-0.4, -0.2) is 32.2 Å². The molecule has 0 radical (unpaired) electrons. The average molecular weight is 458 g/mol. The fourth-order valence-electron chi connectivity index (χ4n) is 4.20. The highest BCUT2D eigenvalue weighted by Gasteiger charge is 2.44. The predicted octanol–water partition coefficient (Wildman–Crippen LogP) is 4.41. The van der Waals surface area contributed by atoms with E-state index in [0.717, 1.165) is 22.1 Å². The number of hydrogen-bond acceptors (Lipinski definition) is 4. The van der Waals surface area contributed by atoms with E-state index < -0.39 is 5.41 Å². The topological polar surface area (TPSA) is 64.6 Å². The average Bonchev–Trinajstić information content (AvgIpc) is 3.56. The third-order valence-electron chi connectivity index (χ3n) is 6.05. The van der Waals surface area contributed by atoms with Gasteiger partial charge in [0.1, 0.15) is 0 Å². The van der Waals surface area contributed by atoms with Crippen molar-refractivity contribution in [2.75, 3.05) is 25.6 Å². The van der Waals surface area contributed by atoms with Gasteiger partial charge < -0.3 is 14.8 Å². The van der Waals surface area contributed by atoms with Crippen molar-refractivity contribution in [3.63, 3.8) is 0 Å². The molecular weight excluding hydrogens is 434 g/mol. The van der Waals surface area contributed by atoms with Gasteiger partial charge in [-0.1, -0.05) is 40.2 Å². The van der Waals surface area contributed by atoms with Crippen LogP contribution in [0.4, 0.5) is 5.69 Å². The quantitative estimate of drug-likeness (QED) is 0.675. The van der Waals surface area contributed by atoms with E-state index in [1.54, 1.807) is 0 Å². The summed E-state index contributed by atoms with van der Waals surface area (Å²) in [6.07, 6.45) is 2.07. The molecule has 1 aliphatic carbocycles. The van der Waals surface area contributed by atoms with Crippen LogP contribution in [0, 0.1) is 5.92 Å². The Labute approximate surface area is 178 Å². The number of halogens is 1. The molecule has 1 saturated heterocycles. The summed E-state index contributed by atoms with van der Waals surface area (Å²) in [6, 6.07) is 15.7. The number of nitrogens with one attached hydrogen (secondary N) is 1. The van der Waals surface area contributed by atoms with Crippen molar-refractivity contribution in [1.82, 2.24) is 0 Å². The van der Waals surface area contributed by atoms with Crippen LogP contribution < -0.4 is 5.32 Å². The van der Waals surface area contributed by atoms with Crippen LogP contribution in [0.25, 0.3) is 0 Å². The lowest BCUT2D eigenvalue weighted by atomic mass is 9.74. The highest BCUT2D eigenvalue weighted by atomic mass is 79.9. The Kier molecular flexibility index (Phi) is 5.74. The van der Waals surface area contributed by atoms with Crippen LogP contribution in [0.5, 0.6) is 0 Å². The summed E-state index contributed by atoms with van der Waals surface area (Å²) in [7, 11) is 1.42. The molecule has 4 rings (SSSR count). The van der Waals surface area contributed by atoms with Gasteiger partial charge in [-0.15, -0.1) is 0 Å². The number of methoxy groups -OCH3 is 1. The SMILES string of the molecule is COC(=O)C1(c2ccc(NC(=O)[C@@H]3C[C@H]3c3ccc(Br)cc3)cc2)CCOCC1. The second-order valence-electron chi connectivity index (χ2n) is 7.75. The van der Waals surface area contributed by atoms with Crippen molar-refractivity contribution >= 4 is 33.5 Å². The first-order valence-corrected chi connectivity index (χ1v) is 10.7. The normalized spacial score (nSPS) is 22.6. The first-order valence-electron chi connectivity index (χ1n) is 9.86. The molecule has 2 aromatic carbocycles. The maximum absolute atomic E-state index is 12.6. The van der Waals surface area contributed by atoms with E-state index in [-0.39, 0.29) is 23.7 Å². The predicted molar refractivity (Wildman–Crippen MR) is 114 cm³/mol. The Morgan fingerprint density at radius 3 is 2.34 bits per heavy atom. The number of esters is 1. The van der Waals surface area contributed by atoms with Crippen LogP contribution in [0.15, 0.2) is 53.0 Å². The van der Waals surface area contributed by atoms with Crippen molar-refractivity contribution in [1.29, 1.82) is 0 Å². The molecule has 2 aliphatic rings. The summed E-state index contributed by atoms with van der Waals surface area (Å²) >= 11 is 3.44. The highest BCUT2D eigenvalue weighted by molar-refractivity contribution is 9.10. The molecule has 1 saturated carbocycles. The number of ether oxygens (including phenoxy) is 2. The molecule has 0 spiro atoms. The zero-order valence-corrected chi connectivity index (χ0v) is 17.9. The number of hydrogen-bond donors (Lipinski definition) is 1. The Bertz CT molecular complexity index is 888. The molecular formula is C23H24BrNO4. The number of rotatable bonds is 5. The van der Waals surface area contributed by atoms with E-state index in [2.05, 4.69) is 33.4 Å². The number of carbonyl (C=O) groups excluding carboxylic acids is 2. The van der Waals surface area contributed by atoms with Gasteiger partial charge in [-0.3, -0.25) is 9.59 Å². The summed E-state index contributed by atoms with van der Waals surface area (Å²) in [5.41, 5.74) is 2.18. The first-order chi connectivity index (χ1) is 14.0. The van der Waals surface area contributed by atoms with Crippen LogP contribution in [-0.2, 0) is 24.5 Å². The van der Waals surface area contributed by atoms with E-state index in [4.69, 9.17) is 9.47 Å². The van der Waals surface area contributed by atoms with Crippen LogP contribution in [0.3, 0.4) is 0 Å². The van der Waals surface area contributed by atoms with Gasteiger partial charge in [-0.2, -0.15) is 0 Å². The molecule has 1 aliphatic heterocycles. The van der Waals surface area contributed by atoms with Gasteiger partial charge in [0.15, 0.2) is 0 Å². The third kappa shape index (κ3) is 4.09. The molecule has 2 fully saturated rings. The summed E-state index contributed by atoms with van der Waals surface area (Å²) < 4.78 is 11.6. The molecule has 5 nitrogen and oxygen atoms in total. The van der Waals surface area contributed by atoms with Crippen LogP contribution in [0.1, 0.15) is 36.3 Å². The molecule has 2 aromatic rings. The molecule has 152 valence electrons. The number of benzene rings is 2. The lowest BCUT2D eigenvalue weighted by Gasteiger charge is -2.34. The van der Waals surface area contributed by atoms with Gasteiger partial charge in [-0.05, 0) is 60.6 Å². The highest BCUT2D eigenvalue weighted by Crippen LogP contribution is 2.48. The van der Waals surface area contributed by atoms with E-state index in [1.807, 2.05) is 36.4 Å². The lowest BCUT2D eigenvalue weighted by molar-refractivity contribution is -0.151. The molecule has 1 N–H and O–H groups in total. The summed E-state index contributed by atoms with van der Waals surface area (Å²) in [5.74, 6) is 0.104. The smallest absolute Gasteiger partial charge is 0.316 e. The number of anilines is 1. The van der Waals surface area contributed by atoms with Crippen molar-refractivity contribution < 1.29 is 19.1 Å². The molecule has 1 amide bonds. The van der Waals surface area contributed by atoms with Crippen molar-refractivity contribution in [3.8, 4) is 0 Å². The summed E-state index contributed by atoms with van der Waals surface area (Å²) in [5, 5.41) is 3.01. The number of carbonyl (C=O) groups is 2. The summed E-state index contributed by atoms with van der Waals surface area (Å²) in [6.45, 7) is 1.07. The zero-order valence-electron chi connectivity index (χ0n) is 16.3. The first kappa shape index (κ1) is 20.1. The van der Waals surface area contributed by atoms with Gasteiger partial charge in [0.05, 0.1) is 12.5 Å². The minimum absolute atomic E-state index is 0.00718. The van der Waals surface area contributed by atoms with E-state index in [0.29, 0.717) is 26.1 Å². The second kappa shape index (κ2) is 8.28. The van der Waals surface area contributed by atoms with Gasteiger partial charge in [0.2, 0.25) is 5.91 Å². The van der Waals surface area contributed by atoms with Gasteiger partial charge in [0.25, 0.3) is 0 Å². The van der Waals surface area contributed by atoms with E-state index >= 15 is 0 Å². The standard InChI is InChI=1S/C23H24BrNO4/c1-28-22(27)23(10-12-29-13-11-23)16-4-8-18(9-5-16)25-21(26)20-14-19(20)15-2-6-17(24)7-3-15/h2-9,19-20H,10-14H2,1H3,(H,25,26)/t19-,20+/m0/s1. The maximum Gasteiger partial charge on any atom is 0.316 e. The third-order valence-corrected chi connectivity index (χ3v) is 6.58. The molecule has 0 bridgehead atoms. The molecule has 1 heterocycles. The monoisotopic (exact) mass is 457 g/mol. The van der Waals surface area contributed by atoms with Crippen molar-refractivity contribution in [2.45, 2.75) is 30.6 Å². The fourth-order valence-corrected chi connectivity index (χ4v) is 4.46. The second-order valence-corrected chi connectivity index (χ2v) is 8.67. The maximum atomic E-state index is 12.6. The Morgan fingerprint density at radius 2 is 1.72 bits per heavy atom. The minimum Gasteiger partial charge on any atom is -0.468 e. The van der Waals surface area contributed by atoms with Gasteiger partial charge in [0, 0.05) is 29.3 Å². The molecule has 0 unspecified atom stereocenters. The molecule has 6 heteroatoms. The Hall–Kier alpha value is -2.18. The number of amides is 1. The molecule has 29 heavy (non-hydrogen) atoms. The van der Waals surface area contributed by atoms with Crippen molar-refractivity contribution in [3.05, 3.63) is 64.1 Å². The largest absolute Gasteiger partial charge is 0.468 e.